The van der Waals surface area contributed by atoms with E-state index in [2.05, 4.69) is 5.32 Å². The van der Waals surface area contributed by atoms with E-state index < -0.39 is 5.97 Å². The minimum absolute atomic E-state index is 0.680. The smallest absolute Gasteiger partial charge is 0.329 e. The summed E-state index contributed by atoms with van der Waals surface area (Å²) in [5.41, 5.74) is 0.755. The van der Waals surface area contributed by atoms with Crippen LogP contribution in [0.4, 0.5) is 5.69 Å². The van der Waals surface area contributed by atoms with Crippen molar-refractivity contribution < 1.29 is 14.6 Å². The first-order chi connectivity index (χ1) is 9.24. The van der Waals surface area contributed by atoms with Gasteiger partial charge in [0.05, 0.1) is 0 Å². The van der Waals surface area contributed by atoms with Gasteiger partial charge in [0.2, 0.25) is 0 Å². The lowest BCUT2D eigenvalue weighted by Gasteiger charge is -2.07. The Morgan fingerprint density at radius 2 is 1.79 bits per heavy atom. The van der Waals surface area contributed by atoms with Crippen molar-refractivity contribution in [1.82, 2.24) is 0 Å². The Balaban J connectivity index is 2.05. The van der Waals surface area contributed by atoms with Crippen molar-refractivity contribution in [3.63, 3.8) is 0 Å². The van der Waals surface area contributed by atoms with Gasteiger partial charge in [-0.15, -0.1) is 0 Å². The van der Waals surface area contributed by atoms with E-state index in [4.69, 9.17) is 9.84 Å². The number of ether oxygens (including phenoxy) is 1. The first-order valence-corrected chi connectivity index (χ1v) is 5.73. The van der Waals surface area contributed by atoms with Gasteiger partial charge in [-0.2, -0.15) is 0 Å². The van der Waals surface area contributed by atoms with Crippen LogP contribution in [-0.4, -0.2) is 11.1 Å². The maximum absolute atomic E-state index is 10.3. The Bertz CT molecular complexity index is 579. The van der Waals surface area contributed by atoms with Crippen LogP contribution in [0.25, 0.3) is 0 Å². The third-order valence-electron chi connectivity index (χ3n) is 2.29. The summed E-state index contributed by atoms with van der Waals surface area (Å²) >= 11 is 0. The molecule has 0 fully saturated rings. The molecule has 96 valence electrons. The lowest BCUT2D eigenvalue weighted by Crippen LogP contribution is -1.92. The molecule has 0 amide bonds. The van der Waals surface area contributed by atoms with Gasteiger partial charge >= 0.3 is 5.97 Å². The first kappa shape index (κ1) is 12.7. The molecule has 0 unspecified atom stereocenters. The zero-order valence-electron chi connectivity index (χ0n) is 10.1. The molecule has 4 heteroatoms. The fourth-order valence-electron chi connectivity index (χ4n) is 1.48. The summed E-state index contributed by atoms with van der Waals surface area (Å²) in [6, 6.07) is 16.7. The molecule has 0 saturated carbocycles. The molecule has 4 nitrogen and oxygen atoms in total. The van der Waals surface area contributed by atoms with E-state index >= 15 is 0 Å². The zero-order chi connectivity index (χ0) is 13.5. The molecule has 2 rings (SSSR count). The molecule has 2 N–H and O–H groups in total. The normalized spacial score (nSPS) is 10.3. The highest BCUT2D eigenvalue weighted by atomic mass is 16.5. The Kier molecular flexibility index (Phi) is 4.18. The Morgan fingerprint density at radius 3 is 2.53 bits per heavy atom. The number of carbonyl (C=O) groups is 1. The molecule has 2 aromatic rings. The molecular weight excluding hydrogens is 242 g/mol. The molecule has 19 heavy (non-hydrogen) atoms. The minimum atomic E-state index is -0.996. The van der Waals surface area contributed by atoms with Crippen LogP contribution in [0.3, 0.4) is 0 Å². The van der Waals surface area contributed by atoms with Gasteiger partial charge in [0.1, 0.15) is 11.5 Å². The predicted molar refractivity (Wildman–Crippen MR) is 73.4 cm³/mol. The number of aliphatic carboxylic acids is 1. The van der Waals surface area contributed by atoms with Gasteiger partial charge in [-0.05, 0) is 24.3 Å². The van der Waals surface area contributed by atoms with Gasteiger partial charge in [0.15, 0.2) is 0 Å². The predicted octanol–water partition coefficient (Wildman–Crippen LogP) is 3.49. The summed E-state index contributed by atoms with van der Waals surface area (Å²) in [7, 11) is 0. The summed E-state index contributed by atoms with van der Waals surface area (Å²) < 4.78 is 5.67. The van der Waals surface area contributed by atoms with Crippen molar-refractivity contribution in [2.24, 2.45) is 0 Å². The fourth-order valence-corrected chi connectivity index (χ4v) is 1.48. The number of rotatable bonds is 5. The second kappa shape index (κ2) is 6.26. The van der Waals surface area contributed by atoms with Crippen LogP contribution in [0, 0.1) is 0 Å². The number of anilines is 1. The number of nitrogens with one attached hydrogen (secondary N) is 1. The second-order valence-electron chi connectivity index (χ2n) is 3.76. The van der Waals surface area contributed by atoms with E-state index in [1.54, 1.807) is 6.07 Å². The van der Waals surface area contributed by atoms with Crippen molar-refractivity contribution in [3.8, 4) is 11.5 Å². The third kappa shape index (κ3) is 4.20. The molecule has 0 saturated heterocycles. The number of benzene rings is 2. The molecule has 0 aliphatic carbocycles. The lowest BCUT2D eigenvalue weighted by atomic mass is 10.3. The molecule has 0 aliphatic rings. The molecule has 0 heterocycles. The van der Waals surface area contributed by atoms with Crippen molar-refractivity contribution in [1.29, 1.82) is 0 Å². The average molecular weight is 255 g/mol. The van der Waals surface area contributed by atoms with Crippen LogP contribution in [0.5, 0.6) is 11.5 Å². The largest absolute Gasteiger partial charge is 0.478 e. The molecule has 0 radical (unpaired) electrons. The number of para-hydroxylation sites is 1. The summed E-state index contributed by atoms with van der Waals surface area (Å²) in [5, 5.41) is 11.4. The van der Waals surface area contributed by atoms with E-state index in [1.165, 1.54) is 6.20 Å². The topological polar surface area (TPSA) is 58.6 Å². The fraction of sp³-hybridized carbons (Fsp3) is 0. The van der Waals surface area contributed by atoms with Crippen molar-refractivity contribution in [2.75, 3.05) is 5.32 Å². The molecule has 0 aliphatic heterocycles. The van der Waals surface area contributed by atoms with Gasteiger partial charge < -0.3 is 15.2 Å². The highest BCUT2D eigenvalue weighted by molar-refractivity contribution is 5.80. The van der Waals surface area contributed by atoms with E-state index in [0.29, 0.717) is 5.75 Å². The number of carboxylic acid groups (broad SMARTS) is 1. The van der Waals surface area contributed by atoms with E-state index in [-0.39, 0.29) is 0 Å². The Labute approximate surface area is 111 Å². The molecule has 0 spiro atoms. The summed E-state index contributed by atoms with van der Waals surface area (Å²) in [6.45, 7) is 0. The van der Waals surface area contributed by atoms with E-state index in [9.17, 15) is 4.79 Å². The summed E-state index contributed by atoms with van der Waals surface area (Å²) in [5.74, 6) is 0.435. The van der Waals surface area contributed by atoms with Gasteiger partial charge in [-0.25, -0.2) is 4.79 Å². The Morgan fingerprint density at radius 1 is 1.05 bits per heavy atom. The van der Waals surface area contributed by atoms with Gasteiger partial charge in [-0.3, -0.25) is 0 Å². The zero-order valence-corrected chi connectivity index (χ0v) is 10.1. The molecule has 0 aromatic heterocycles. The molecule has 2 aromatic carbocycles. The van der Waals surface area contributed by atoms with Crippen molar-refractivity contribution >= 4 is 11.7 Å². The number of hydrogen-bond donors (Lipinski definition) is 2. The summed E-state index contributed by atoms with van der Waals surface area (Å²) in [6.07, 6.45) is 2.40. The quantitative estimate of drug-likeness (QED) is 0.803. The monoisotopic (exact) mass is 255 g/mol. The van der Waals surface area contributed by atoms with Gasteiger partial charge in [0.25, 0.3) is 0 Å². The van der Waals surface area contributed by atoms with Crippen LogP contribution in [0.15, 0.2) is 66.9 Å². The lowest BCUT2D eigenvalue weighted by molar-refractivity contribution is -0.131. The van der Waals surface area contributed by atoms with Crippen LogP contribution < -0.4 is 10.1 Å². The highest BCUT2D eigenvalue weighted by Crippen LogP contribution is 2.23. The maximum atomic E-state index is 10.3. The molecule has 0 bridgehead atoms. The van der Waals surface area contributed by atoms with Gasteiger partial charge in [-0.1, -0.05) is 24.3 Å². The van der Waals surface area contributed by atoms with E-state index in [1.807, 2.05) is 48.5 Å². The number of hydrogen-bond acceptors (Lipinski definition) is 3. The van der Waals surface area contributed by atoms with Gasteiger partial charge in [0, 0.05) is 24.0 Å². The van der Waals surface area contributed by atoms with Crippen LogP contribution in [0.2, 0.25) is 0 Å². The second-order valence-corrected chi connectivity index (χ2v) is 3.76. The van der Waals surface area contributed by atoms with Crippen LogP contribution in [0.1, 0.15) is 0 Å². The first-order valence-electron chi connectivity index (χ1n) is 5.73. The average Bonchev–Trinajstić information content (AvgIpc) is 2.40. The van der Waals surface area contributed by atoms with Crippen molar-refractivity contribution in [3.05, 3.63) is 66.9 Å². The number of carboxylic acids is 1. The Hall–Kier alpha value is -2.75. The minimum Gasteiger partial charge on any atom is -0.478 e. The highest BCUT2D eigenvalue weighted by Gasteiger charge is 1.97. The molecular formula is C15H13NO3. The van der Waals surface area contributed by atoms with Crippen molar-refractivity contribution in [2.45, 2.75) is 0 Å². The standard InChI is InChI=1S/C15H13NO3/c17-15(18)9-10-16-12-5-4-8-14(11-12)19-13-6-2-1-3-7-13/h1-11,16H,(H,17,18)/b10-9+. The summed E-state index contributed by atoms with van der Waals surface area (Å²) in [4.78, 5) is 10.3. The SMILES string of the molecule is O=C(O)/C=C/Nc1cccc(Oc2ccccc2)c1. The molecule has 0 atom stereocenters. The maximum Gasteiger partial charge on any atom is 0.329 e. The third-order valence-corrected chi connectivity index (χ3v) is 2.29. The van der Waals surface area contributed by atoms with E-state index in [0.717, 1.165) is 17.5 Å². The van der Waals surface area contributed by atoms with Crippen LogP contribution >= 0.6 is 0 Å². The van der Waals surface area contributed by atoms with Crippen LogP contribution in [-0.2, 0) is 4.79 Å².